The molecule has 4 aliphatic rings. The first kappa shape index (κ1) is 11.6. The van der Waals surface area contributed by atoms with E-state index in [0.717, 1.165) is 12.8 Å². The number of aliphatic hydroxyl groups excluding tert-OH is 1. The molecule has 18 heavy (non-hydrogen) atoms. The van der Waals surface area contributed by atoms with Gasteiger partial charge in [-0.05, 0) is 24.2 Å². The van der Waals surface area contributed by atoms with Crippen LogP contribution < -0.4 is 0 Å². The van der Waals surface area contributed by atoms with E-state index in [9.17, 15) is 13.5 Å². The molecule has 2 spiro atoms. The number of nitrogens with zero attached hydrogens (tertiary/aromatic N) is 1. The number of aliphatic hydroxyl groups is 1. The zero-order chi connectivity index (χ0) is 13.0. The smallest absolute Gasteiger partial charge is 0.217 e. The first-order valence-corrected chi connectivity index (χ1v) is 8.23. The highest BCUT2D eigenvalue weighted by Gasteiger charge is 2.84. The number of ether oxygens (including phenoxy) is 1. The Hall–Kier alpha value is -0.170. The van der Waals surface area contributed by atoms with Gasteiger partial charge in [-0.1, -0.05) is 13.8 Å². The minimum absolute atomic E-state index is 0.139. The Kier molecular flexibility index (Phi) is 1.81. The fourth-order valence-electron chi connectivity index (χ4n) is 5.42. The van der Waals surface area contributed by atoms with Crippen molar-refractivity contribution in [1.82, 2.24) is 4.31 Å². The van der Waals surface area contributed by atoms with Gasteiger partial charge >= 0.3 is 0 Å². The van der Waals surface area contributed by atoms with Gasteiger partial charge in [-0.3, -0.25) is 0 Å². The second-order valence-electron chi connectivity index (χ2n) is 6.77. The number of hydrogen-bond donors (Lipinski definition) is 1. The molecule has 5 nitrogen and oxygen atoms in total. The second-order valence-corrected chi connectivity index (χ2v) is 8.66. The maximum Gasteiger partial charge on any atom is 0.217 e. The van der Waals surface area contributed by atoms with Gasteiger partial charge in [-0.15, -0.1) is 0 Å². The van der Waals surface area contributed by atoms with Crippen molar-refractivity contribution in [2.75, 3.05) is 18.9 Å². The summed E-state index contributed by atoms with van der Waals surface area (Å²) in [5, 5.41) is 10.7. The van der Waals surface area contributed by atoms with Gasteiger partial charge in [0.2, 0.25) is 10.0 Å². The van der Waals surface area contributed by atoms with Crippen LogP contribution in [0.4, 0.5) is 0 Å². The molecule has 102 valence electrons. The molecule has 0 amide bonds. The summed E-state index contributed by atoms with van der Waals surface area (Å²) in [5.74, 6) is 0.286. The van der Waals surface area contributed by atoms with E-state index in [1.807, 2.05) is 0 Å². The van der Waals surface area contributed by atoms with Crippen molar-refractivity contribution in [2.45, 2.75) is 38.5 Å². The Morgan fingerprint density at radius 1 is 1.39 bits per heavy atom. The summed E-state index contributed by atoms with van der Waals surface area (Å²) < 4.78 is 32.2. The van der Waals surface area contributed by atoms with E-state index < -0.39 is 27.3 Å². The van der Waals surface area contributed by atoms with Gasteiger partial charge in [0.15, 0.2) is 5.72 Å². The van der Waals surface area contributed by atoms with E-state index in [1.54, 1.807) is 0 Å². The third-order valence-electron chi connectivity index (χ3n) is 6.26. The minimum Gasteiger partial charge on any atom is -0.388 e. The molecule has 2 heterocycles. The molecule has 0 aromatic heterocycles. The molecule has 0 radical (unpaired) electrons. The monoisotopic (exact) mass is 273 g/mol. The SMILES string of the molecule is CC1(C)[C@@H]2CC[C@]13CS(=O)(=O)N1CCO[C@]13[C@@H]2O. The van der Waals surface area contributed by atoms with Crippen LogP contribution >= 0.6 is 0 Å². The van der Waals surface area contributed by atoms with Crippen molar-refractivity contribution >= 4 is 10.0 Å². The van der Waals surface area contributed by atoms with Crippen molar-refractivity contribution < 1.29 is 18.3 Å². The molecule has 4 rings (SSSR count). The van der Waals surface area contributed by atoms with Crippen LogP contribution in [0, 0.1) is 16.7 Å². The molecule has 0 aromatic rings. The topological polar surface area (TPSA) is 66.8 Å². The molecule has 1 N–H and O–H groups in total. The van der Waals surface area contributed by atoms with Crippen LogP contribution in [0.15, 0.2) is 0 Å². The molecular formula is C12H19NO4S. The van der Waals surface area contributed by atoms with Crippen LogP contribution in [0.25, 0.3) is 0 Å². The van der Waals surface area contributed by atoms with E-state index in [0.29, 0.717) is 13.2 Å². The van der Waals surface area contributed by atoms with Gasteiger partial charge in [0.25, 0.3) is 0 Å². The molecule has 2 saturated heterocycles. The molecule has 2 aliphatic heterocycles. The molecule has 2 saturated carbocycles. The average molecular weight is 273 g/mol. The highest BCUT2D eigenvalue weighted by atomic mass is 32.2. The lowest BCUT2D eigenvalue weighted by molar-refractivity contribution is -0.187. The minimum atomic E-state index is -3.29. The van der Waals surface area contributed by atoms with E-state index in [-0.39, 0.29) is 17.1 Å². The van der Waals surface area contributed by atoms with Gasteiger partial charge in [0.05, 0.1) is 12.4 Å². The summed E-state index contributed by atoms with van der Waals surface area (Å²) in [4.78, 5) is 0. The molecule has 2 bridgehead atoms. The summed E-state index contributed by atoms with van der Waals surface area (Å²) in [5.41, 5.74) is -1.57. The Balaban J connectivity index is 2.03. The van der Waals surface area contributed by atoms with Crippen LogP contribution in [-0.2, 0) is 14.8 Å². The van der Waals surface area contributed by atoms with Crippen LogP contribution in [-0.4, -0.2) is 48.6 Å². The molecule has 4 fully saturated rings. The zero-order valence-corrected chi connectivity index (χ0v) is 11.5. The number of sulfonamides is 1. The summed E-state index contributed by atoms with van der Waals surface area (Å²) in [7, 11) is -3.29. The third-order valence-corrected chi connectivity index (χ3v) is 8.24. The van der Waals surface area contributed by atoms with Crippen LogP contribution in [0.5, 0.6) is 0 Å². The molecule has 2 aliphatic carbocycles. The van der Waals surface area contributed by atoms with Crippen molar-refractivity contribution in [3.63, 3.8) is 0 Å². The van der Waals surface area contributed by atoms with Gasteiger partial charge < -0.3 is 9.84 Å². The van der Waals surface area contributed by atoms with E-state index >= 15 is 0 Å². The van der Waals surface area contributed by atoms with E-state index in [4.69, 9.17) is 4.74 Å². The van der Waals surface area contributed by atoms with Crippen LogP contribution in [0.2, 0.25) is 0 Å². The van der Waals surface area contributed by atoms with Crippen LogP contribution in [0.1, 0.15) is 26.7 Å². The number of rotatable bonds is 0. The lowest BCUT2D eigenvalue weighted by Crippen LogP contribution is -2.58. The van der Waals surface area contributed by atoms with Gasteiger partial charge in [-0.25, -0.2) is 8.42 Å². The van der Waals surface area contributed by atoms with Gasteiger partial charge in [0.1, 0.15) is 6.10 Å². The number of hydrogen-bond acceptors (Lipinski definition) is 4. The van der Waals surface area contributed by atoms with Crippen molar-refractivity contribution in [3.8, 4) is 0 Å². The Labute approximate surface area is 107 Å². The first-order chi connectivity index (χ1) is 8.30. The van der Waals surface area contributed by atoms with Crippen molar-refractivity contribution in [3.05, 3.63) is 0 Å². The van der Waals surface area contributed by atoms with Crippen molar-refractivity contribution in [2.24, 2.45) is 16.7 Å². The standard InChI is InChI=1S/C12H19NO4S/c1-10(2)8-3-4-11(10)7-18(15,16)13-5-6-17-12(11,13)9(8)14/h8-9,14H,3-7H2,1-2H3/t8-,9-,11+,12+/m1/s1. The first-order valence-electron chi connectivity index (χ1n) is 6.62. The normalized spacial score (nSPS) is 55.7. The van der Waals surface area contributed by atoms with Gasteiger partial charge in [0, 0.05) is 12.0 Å². The summed E-state index contributed by atoms with van der Waals surface area (Å²) in [6.07, 6.45) is 1.07. The summed E-state index contributed by atoms with van der Waals surface area (Å²) in [6, 6.07) is 0. The molecule has 0 unspecified atom stereocenters. The molecule has 6 heteroatoms. The predicted molar refractivity (Wildman–Crippen MR) is 64.1 cm³/mol. The fraction of sp³-hybridized carbons (Fsp3) is 1.00. The molecular weight excluding hydrogens is 254 g/mol. The highest BCUT2D eigenvalue weighted by Crippen LogP contribution is 2.75. The predicted octanol–water partition coefficient (Wildman–Crippen LogP) is 0.155. The number of fused-ring (bicyclic) bond motifs is 1. The second kappa shape index (κ2) is 2.80. The Bertz CT molecular complexity index is 528. The molecule has 0 aromatic carbocycles. The third kappa shape index (κ3) is 0.828. The zero-order valence-electron chi connectivity index (χ0n) is 10.7. The maximum atomic E-state index is 12.4. The Morgan fingerprint density at radius 3 is 2.83 bits per heavy atom. The Morgan fingerprint density at radius 2 is 2.11 bits per heavy atom. The quantitative estimate of drug-likeness (QED) is 0.682. The highest BCUT2D eigenvalue weighted by molar-refractivity contribution is 7.89. The van der Waals surface area contributed by atoms with Gasteiger partial charge in [-0.2, -0.15) is 4.31 Å². The van der Waals surface area contributed by atoms with E-state index in [1.165, 1.54) is 4.31 Å². The largest absolute Gasteiger partial charge is 0.388 e. The lowest BCUT2D eigenvalue weighted by Gasteiger charge is -2.44. The van der Waals surface area contributed by atoms with Crippen LogP contribution in [0.3, 0.4) is 0 Å². The average Bonchev–Trinajstić information content (AvgIpc) is 2.86. The lowest BCUT2D eigenvalue weighted by atomic mass is 9.67. The molecule has 4 atom stereocenters. The summed E-state index contributed by atoms with van der Waals surface area (Å²) >= 11 is 0. The van der Waals surface area contributed by atoms with Crippen molar-refractivity contribution in [1.29, 1.82) is 0 Å². The summed E-state index contributed by atoms with van der Waals surface area (Å²) in [6.45, 7) is 5.00. The maximum absolute atomic E-state index is 12.4. The van der Waals surface area contributed by atoms with E-state index in [2.05, 4.69) is 13.8 Å². The fourth-order valence-corrected chi connectivity index (χ4v) is 8.02.